The SMILES string of the molecule is C=C(C)C(=O)Oc1ccc(-c2cc(OC(=O)C(=C)C)c(OC(=O)C(=C)C)cc2F)cc1COCC. The van der Waals surface area contributed by atoms with E-state index in [1.807, 2.05) is 0 Å². The van der Waals surface area contributed by atoms with E-state index in [1.165, 1.54) is 39.0 Å². The first-order valence-corrected chi connectivity index (χ1v) is 10.6. The smallest absolute Gasteiger partial charge is 0.338 e. The van der Waals surface area contributed by atoms with Crippen LogP contribution in [-0.4, -0.2) is 24.5 Å². The van der Waals surface area contributed by atoms with Crippen molar-refractivity contribution in [1.29, 1.82) is 0 Å². The molecular formula is C27H27FO7. The molecule has 0 amide bonds. The average Bonchev–Trinajstić information content (AvgIpc) is 2.79. The van der Waals surface area contributed by atoms with Crippen LogP contribution < -0.4 is 14.2 Å². The molecule has 2 aromatic carbocycles. The second kappa shape index (κ2) is 11.9. The first kappa shape index (κ1) is 27.2. The van der Waals surface area contributed by atoms with Gasteiger partial charge in [0.25, 0.3) is 0 Å². The summed E-state index contributed by atoms with van der Waals surface area (Å²) in [6.45, 7) is 17.3. The van der Waals surface area contributed by atoms with Gasteiger partial charge in [-0.15, -0.1) is 0 Å². The van der Waals surface area contributed by atoms with Gasteiger partial charge in [-0.05, 0) is 51.5 Å². The van der Waals surface area contributed by atoms with E-state index in [0.29, 0.717) is 17.7 Å². The number of benzene rings is 2. The van der Waals surface area contributed by atoms with Crippen LogP contribution in [0.25, 0.3) is 11.1 Å². The van der Waals surface area contributed by atoms with Crippen LogP contribution in [0.2, 0.25) is 0 Å². The molecule has 0 bridgehead atoms. The highest BCUT2D eigenvalue weighted by Gasteiger charge is 2.21. The molecule has 8 heteroatoms. The molecule has 0 N–H and O–H groups in total. The fourth-order valence-electron chi connectivity index (χ4n) is 2.65. The molecule has 0 aromatic heterocycles. The van der Waals surface area contributed by atoms with Crippen molar-refractivity contribution in [2.24, 2.45) is 0 Å². The third-order valence-electron chi connectivity index (χ3n) is 4.52. The summed E-state index contributed by atoms with van der Waals surface area (Å²) >= 11 is 0. The molecular weight excluding hydrogens is 455 g/mol. The van der Waals surface area contributed by atoms with Gasteiger partial charge in [-0.25, -0.2) is 18.8 Å². The summed E-state index contributed by atoms with van der Waals surface area (Å²) in [5.41, 5.74) is 1.28. The first-order valence-electron chi connectivity index (χ1n) is 10.6. The Bertz CT molecular complexity index is 1210. The van der Waals surface area contributed by atoms with Crippen LogP contribution in [-0.2, 0) is 25.7 Å². The molecule has 0 aliphatic heterocycles. The Kier molecular flexibility index (Phi) is 9.25. The lowest BCUT2D eigenvalue weighted by atomic mass is 10.0. The van der Waals surface area contributed by atoms with Gasteiger partial charge in [-0.3, -0.25) is 0 Å². The summed E-state index contributed by atoms with van der Waals surface area (Å²) in [7, 11) is 0. The Morgan fingerprint density at radius 3 is 1.74 bits per heavy atom. The second-order valence-corrected chi connectivity index (χ2v) is 7.75. The van der Waals surface area contributed by atoms with E-state index in [4.69, 9.17) is 18.9 Å². The molecule has 35 heavy (non-hydrogen) atoms. The van der Waals surface area contributed by atoms with E-state index in [1.54, 1.807) is 13.0 Å². The van der Waals surface area contributed by atoms with Crippen molar-refractivity contribution in [3.63, 3.8) is 0 Å². The van der Waals surface area contributed by atoms with E-state index in [9.17, 15) is 14.4 Å². The molecule has 0 heterocycles. The van der Waals surface area contributed by atoms with Crippen molar-refractivity contribution in [2.75, 3.05) is 6.61 Å². The minimum absolute atomic E-state index is 0.0418. The van der Waals surface area contributed by atoms with Gasteiger partial charge in [-0.1, -0.05) is 25.8 Å². The highest BCUT2D eigenvalue weighted by Crippen LogP contribution is 2.37. The Morgan fingerprint density at radius 1 is 0.771 bits per heavy atom. The third-order valence-corrected chi connectivity index (χ3v) is 4.52. The minimum atomic E-state index is -0.813. The third kappa shape index (κ3) is 7.22. The van der Waals surface area contributed by atoms with E-state index < -0.39 is 23.7 Å². The fraction of sp³-hybridized carbons (Fsp3) is 0.222. The number of hydrogen-bond donors (Lipinski definition) is 0. The quantitative estimate of drug-likeness (QED) is 0.252. The molecule has 184 valence electrons. The summed E-state index contributed by atoms with van der Waals surface area (Å²) in [6.07, 6.45) is 0. The van der Waals surface area contributed by atoms with E-state index in [0.717, 1.165) is 6.07 Å². The lowest BCUT2D eigenvalue weighted by Gasteiger charge is -2.15. The molecule has 7 nitrogen and oxygen atoms in total. The molecule has 0 fully saturated rings. The zero-order chi connectivity index (χ0) is 26.3. The molecule has 0 unspecified atom stereocenters. The van der Waals surface area contributed by atoms with Gasteiger partial charge in [0.2, 0.25) is 0 Å². The Balaban J connectivity index is 2.60. The Hall–Kier alpha value is -4.04. The molecule has 0 saturated carbocycles. The van der Waals surface area contributed by atoms with Crippen molar-refractivity contribution in [3.05, 3.63) is 78.2 Å². The number of rotatable bonds is 10. The second-order valence-electron chi connectivity index (χ2n) is 7.75. The highest BCUT2D eigenvalue weighted by atomic mass is 19.1. The molecule has 0 saturated heterocycles. The molecule has 0 atom stereocenters. The molecule has 0 spiro atoms. The predicted octanol–water partition coefficient (Wildman–Crippen LogP) is 5.47. The van der Waals surface area contributed by atoms with Crippen molar-refractivity contribution in [3.8, 4) is 28.4 Å². The van der Waals surface area contributed by atoms with Gasteiger partial charge in [-0.2, -0.15) is 0 Å². The predicted molar refractivity (Wildman–Crippen MR) is 129 cm³/mol. The minimum Gasteiger partial charge on any atom is -0.423 e. The van der Waals surface area contributed by atoms with Crippen molar-refractivity contribution in [2.45, 2.75) is 34.3 Å². The number of carbonyl (C=O) groups excluding carboxylic acids is 3. The number of hydrogen-bond acceptors (Lipinski definition) is 7. The summed E-state index contributed by atoms with van der Waals surface area (Å²) in [5, 5.41) is 0. The van der Waals surface area contributed by atoms with E-state index >= 15 is 4.39 Å². The van der Waals surface area contributed by atoms with Crippen LogP contribution in [0.15, 0.2) is 66.8 Å². The van der Waals surface area contributed by atoms with Crippen LogP contribution in [0.4, 0.5) is 4.39 Å². The van der Waals surface area contributed by atoms with Crippen molar-refractivity contribution < 1.29 is 37.7 Å². The Morgan fingerprint density at radius 2 is 1.26 bits per heavy atom. The summed E-state index contributed by atoms with van der Waals surface area (Å²) in [6, 6.07) is 6.78. The zero-order valence-electron chi connectivity index (χ0n) is 20.2. The normalized spacial score (nSPS) is 10.3. The van der Waals surface area contributed by atoms with Crippen molar-refractivity contribution in [1.82, 2.24) is 0 Å². The Labute approximate surface area is 203 Å². The maximum absolute atomic E-state index is 15.2. The molecule has 2 aromatic rings. The van der Waals surface area contributed by atoms with Gasteiger partial charge < -0.3 is 18.9 Å². The summed E-state index contributed by atoms with van der Waals surface area (Å²) in [4.78, 5) is 36.1. The number of carbonyl (C=O) groups is 3. The van der Waals surface area contributed by atoms with Gasteiger partial charge in [0.1, 0.15) is 11.6 Å². The molecule has 2 rings (SSSR count). The van der Waals surface area contributed by atoms with Crippen LogP contribution in [0.1, 0.15) is 33.3 Å². The monoisotopic (exact) mass is 482 g/mol. The van der Waals surface area contributed by atoms with Gasteiger partial charge >= 0.3 is 17.9 Å². The standard InChI is InChI=1S/C27H27FO7/c1-8-32-14-19-11-18(9-10-22(19)33-25(29)15(2)3)20-12-23(34-26(30)16(4)5)24(13-21(20)28)35-27(31)17(6)7/h9-13H,2,4,6,8,14H2,1,3,5,7H3. The summed E-state index contributed by atoms with van der Waals surface area (Å²) in [5.74, 6) is -3.21. The van der Waals surface area contributed by atoms with Gasteiger partial charge in [0, 0.05) is 40.5 Å². The van der Waals surface area contributed by atoms with E-state index in [-0.39, 0.29) is 46.1 Å². The van der Waals surface area contributed by atoms with Gasteiger partial charge in [0.05, 0.1) is 6.61 Å². The number of ether oxygens (including phenoxy) is 4. The first-order chi connectivity index (χ1) is 16.4. The van der Waals surface area contributed by atoms with Crippen LogP contribution in [0, 0.1) is 5.82 Å². The fourth-order valence-corrected chi connectivity index (χ4v) is 2.65. The maximum Gasteiger partial charge on any atom is 0.338 e. The summed E-state index contributed by atoms with van der Waals surface area (Å²) < 4.78 is 36.4. The number of esters is 3. The van der Waals surface area contributed by atoms with Gasteiger partial charge in [0.15, 0.2) is 11.5 Å². The average molecular weight is 483 g/mol. The number of halogens is 1. The van der Waals surface area contributed by atoms with Crippen LogP contribution >= 0.6 is 0 Å². The largest absolute Gasteiger partial charge is 0.423 e. The maximum atomic E-state index is 15.2. The molecule has 0 radical (unpaired) electrons. The molecule has 0 aliphatic carbocycles. The van der Waals surface area contributed by atoms with Crippen molar-refractivity contribution >= 4 is 17.9 Å². The lowest BCUT2D eigenvalue weighted by molar-refractivity contribution is -0.132. The highest BCUT2D eigenvalue weighted by molar-refractivity contribution is 5.92. The van der Waals surface area contributed by atoms with Crippen LogP contribution in [0.5, 0.6) is 17.2 Å². The zero-order valence-corrected chi connectivity index (χ0v) is 20.2. The molecule has 0 aliphatic rings. The topological polar surface area (TPSA) is 88.1 Å². The lowest BCUT2D eigenvalue weighted by Crippen LogP contribution is -2.13. The van der Waals surface area contributed by atoms with Crippen LogP contribution in [0.3, 0.4) is 0 Å². The van der Waals surface area contributed by atoms with E-state index in [2.05, 4.69) is 19.7 Å².